The highest BCUT2D eigenvalue weighted by Gasteiger charge is 2.36. The summed E-state index contributed by atoms with van der Waals surface area (Å²) < 4.78 is 33.7. The number of sulfonamides is 1. The number of ether oxygens (including phenoxy) is 1. The Morgan fingerprint density at radius 1 is 1.03 bits per heavy atom. The lowest BCUT2D eigenvalue weighted by Crippen LogP contribution is -2.49. The van der Waals surface area contributed by atoms with Crippen LogP contribution in [-0.4, -0.2) is 27.0 Å². The van der Waals surface area contributed by atoms with Crippen LogP contribution < -0.4 is 14.4 Å². The predicted octanol–water partition coefficient (Wildman–Crippen LogP) is 4.04. The first-order valence-corrected chi connectivity index (χ1v) is 11.6. The average Bonchev–Trinajstić information content (AvgIpc) is 2.76. The van der Waals surface area contributed by atoms with E-state index >= 15 is 0 Å². The molecule has 1 aliphatic rings. The topological polar surface area (TPSA) is 75.7 Å². The minimum Gasteiger partial charge on any atom is -0.476 e. The van der Waals surface area contributed by atoms with Gasteiger partial charge in [0.25, 0.3) is 5.91 Å². The number of amides is 1. The van der Waals surface area contributed by atoms with Crippen LogP contribution in [0.5, 0.6) is 5.75 Å². The van der Waals surface area contributed by atoms with E-state index in [0.29, 0.717) is 22.7 Å². The number of anilines is 2. The van der Waals surface area contributed by atoms with Gasteiger partial charge in [-0.25, -0.2) is 8.42 Å². The quantitative estimate of drug-likeness (QED) is 0.655. The van der Waals surface area contributed by atoms with Gasteiger partial charge in [-0.15, -0.1) is 0 Å². The summed E-state index contributed by atoms with van der Waals surface area (Å²) in [7, 11) is -3.73. The number of nitrogens with one attached hydrogen (secondary N) is 1. The van der Waals surface area contributed by atoms with Crippen LogP contribution >= 0.6 is 0 Å². The number of benzene rings is 3. The number of fused-ring (bicyclic) bond motifs is 1. The molecule has 160 valence electrons. The van der Waals surface area contributed by atoms with E-state index in [9.17, 15) is 13.2 Å². The molecule has 3 aromatic carbocycles. The lowest BCUT2D eigenvalue weighted by Gasteiger charge is -2.34. The Morgan fingerprint density at radius 3 is 2.52 bits per heavy atom. The van der Waals surface area contributed by atoms with Crippen molar-refractivity contribution >= 4 is 27.3 Å². The van der Waals surface area contributed by atoms with Crippen LogP contribution in [0.4, 0.5) is 11.4 Å². The van der Waals surface area contributed by atoms with Crippen LogP contribution in [0.3, 0.4) is 0 Å². The number of carbonyl (C=O) groups excluding carboxylic acids is 1. The molecule has 6 nitrogen and oxygen atoms in total. The van der Waals surface area contributed by atoms with Gasteiger partial charge in [0.05, 0.1) is 18.0 Å². The average molecular weight is 437 g/mol. The van der Waals surface area contributed by atoms with E-state index in [1.807, 2.05) is 38.1 Å². The molecule has 1 amide bonds. The van der Waals surface area contributed by atoms with Crippen LogP contribution in [0.25, 0.3) is 0 Å². The third kappa shape index (κ3) is 4.56. The molecule has 0 aliphatic carbocycles. The van der Waals surface area contributed by atoms with Gasteiger partial charge < -0.3 is 10.1 Å². The number of hydrogen-bond acceptors (Lipinski definition) is 4. The van der Waals surface area contributed by atoms with Crippen molar-refractivity contribution in [2.24, 2.45) is 0 Å². The second-order valence-electron chi connectivity index (χ2n) is 7.65. The summed E-state index contributed by atoms with van der Waals surface area (Å²) in [5.41, 5.74) is 3.75. The molecule has 1 N–H and O–H groups in total. The van der Waals surface area contributed by atoms with Crippen LogP contribution in [0.2, 0.25) is 0 Å². The first kappa shape index (κ1) is 20.9. The summed E-state index contributed by atoms with van der Waals surface area (Å²) in [4.78, 5) is 13.0. The molecule has 7 heteroatoms. The molecule has 0 radical (unpaired) electrons. The zero-order valence-corrected chi connectivity index (χ0v) is 18.2. The Balaban J connectivity index is 1.62. The van der Waals surface area contributed by atoms with Crippen LogP contribution in [0.15, 0.2) is 72.8 Å². The molecule has 1 atom stereocenters. The molecule has 3 aromatic rings. The number of carbonyl (C=O) groups is 1. The molecule has 0 saturated heterocycles. The van der Waals surface area contributed by atoms with Gasteiger partial charge >= 0.3 is 0 Å². The van der Waals surface area contributed by atoms with Crippen molar-refractivity contribution in [1.29, 1.82) is 0 Å². The third-order valence-corrected chi connectivity index (χ3v) is 6.92. The SMILES string of the molecule is Cc1ccc(C)c(NC(=O)[C@@H]2CN(S(=O)(=O)Cc3ccccc3)c3ccccc3O2)c1. The molecule has 0 bridgehead atoms. The molecule has 1 heterocycles. The third-order valence-electron chi connectivity index (χ3n) is 5.21. The second kappa shape index (κ2) is 8.43. The smallest absolute Gasteiger partial charge is 0.267 e. The molecule has 4 rings (SSSR count). The van der Waals surface area contributed by atoms with Crippen molar-refractivity contribution < 1.29 is 17.9 Å². The van der Waals surface area contributed by atoms with E-state index in [4.69, 9.17) is 4.74 Å². The van der Waals surface area contributed by atoms with E-state index in [1.165, 1.54) is 4.31 Å². The van der Waals surface area contributed by atoms with E-state index in [2.05, 4.69) is 5.32 Å². The highest BCUT2D eigenvalue weighted by Crippen LogP contribution is 2.36. The van der Waals surface area contributed by atoms with Crippen LogP contribution in [0.1, 0.15) is 16.7 Å². The number of nitrogens with zero attached hydrogens (tertiary/aromatic N) is 1. The minimum absolute atomic E-state index is 0.0944. The maximum absolute atomic E-state index is 13.3. The number of rotatable bonds is 5. The summed E-state index contributed by atoms with van der Waals surface area (Å²) in [5, 5.41) is 2.89. The number of para-hydroxylation sites is 2. The molecule has 0 aromatic heterocycles. The zero-order valence-electron chi connectivity index (χ0n) is 17.4. The maximum atomic E-state index is 13.3. The van der Waals surface area contributed by atoms with Gasteiger partial charge in [0.1, 0.15) is 5.75 Å². The summed E-state index contributed by atoms with van der Waals surface area (Å²) >= 11 is 0. The Labute approximate surface area is 182 Å². The van der Waals surface area contributed by atoms with E-state index in [1.54, 1.807) is 48.5 Å². The largest absolute Gasteiger partial charge is 0.476 e. The Morgan fingerprint density at radius 2 is 1.74 bits per heavy atom. The predicted molar refractivity (Wildman–Crippen MR) is 122 cm³/mol. The van der Waals surface area contributed by atoms with Crippen molar-refractivity contribution in [3.63, 3.8) is 0 Å². The van der Waals surface area contributed by atoms with Gasteiger partial charge in [0, 0.05) is 5.69 Å². The molecule has 1 aliphatic heterocycles. The van der Waals surface area contributed by atoms with E-state index < -0.39 is 16.1 Å². The number of hydrogen-bond donors (Lipinski definition) is 1. The molecular weight excluding hydrogens is 412 g/mol. The van der Waals surface area contributed by atoms with Gasteiger partial charge in [-0.2, -0.15) is 0 Å². The summed E-state index contributed by atoms with van der Waals surface area (Å²) in [5.74, 6) is -0.178. The Bertz CT molecular complexity index is 1210. The summed E-state index contributed by atoms with van der Waals surface area (Å²) in [6.45, 7) is 3.76. The van der Waals surface area contributed by atoms with E-state index in [-0.39, 0.29) is 18.2 Å². The highest BCUT2D eigenvalue weighted by molar-refractivity contribution is 7.92. The van der Waals surface area contributed by atoms with Gasteiger partial charge in [-0.1, -0.05) is 54.6 Å². The van der Waals surface area contributed by atoms with Crippen molar-refractivity contribution in [3.8, 4) is 5.75 Å². The van der Waals surface area contributed by atoms with Crippen LogP contribution in [0, 0.1) is 13.8 Å². The first-order chi connectivity index (χ1) is 14.8. The monoisotopic (exact) mass is 436 g/mol. The van der Waals surface area contributed by atoms with Crippen LogP contribution in [-0.2, 0) is 20.6 Å². The molecule has 0 spiro atoms. The van der Waals surface area contributed by atoms with Crippen molar-refractivity contribution in [2.75, 3.05) is 16.2 Å². The Kier molecular flexibility index (Phi) is 5.69. The molecule has 0 fully saturated rings. The fraction of sp³-hybridized carbons (Fsp3) is 0.208. The lowest BCUT2D eigenvalue weighted by atomic mass is 10.1. The molecule has 0 unspecified atom stereocenters. The fourth-order valence-corrected chi connectivity index (χ4v) is 5.13. The highest BCUT2D eigenvalue weighted by atomic mass is 32.2. The van der Waals surface area contributed by atoms with Crippen molar-refractivity contribution in [1.82, 2.24) is 0 Å². The lowest BCUT2D eigenvalue weighted by molar-refractivity contribution is -0.122. The molecule has 0 saturated carbocycles. The summed E-state index contributed by atoms with van der Waals surface area (Å²) in [6.07, 6.45) is -0.972. The maximum Gasteiger partial charge on any atom is 0.267 e. The fourth-order valence-electron chi connectivity index (χ4n) is 3.55. The van der Waals surface area contributed by atoms with Gasteiger partial charge in [-0.3, -0.25) is 9.10 Å². The van der Waals surface area contributed by atoms with Crippen molar-refractivity contribution in [3.05, 3.63) is 89.5 Å². The van der Waals surface area contributed by atoms with E-state index in [0.717, 1.165) is 11.1 Å². The molecule has 31 heavy (non-hydrogen) atoms. The standard InChI is InChI=1S/C24H24N2O4S/c1-17-12-13-18(2)20(14-17)25-24(27)23-15-26(21-10-6-7-11-22(21)30-23)31(28,29)16-19-8-4-3-5-9-19/h3-14,23H,15-16H2,1-2H3,(H,25,27)/t23-/m0/s1. The van der Waals surface area contributed by atoms with Gasteiger partial charge in [0.15, 0.2) is 6.10 Å². The van der Waals surface area contributed by atoms with Gasteiger partial charge in [-0.05, 0) is 48.7 Å². The van der Waals surface area contributed by atoms with Crippen molar-refractivity contribution in [2.45, 2.75) is 25.7 Å². The molecular formula is C24H24N2O4S. The first-order valence-electron chi connectivity index (χ1n) is 10.0. The minimum atomic E-state index is -3.73. The zero-order chi connectivity index (χ0) is 22.0. The number of aryl methyl sites for hydroxylation is 2. The summed E-state index contributed by atoms with van der Waals surface area (Å²) in [6, 6.07) is 21.7. The van der Waals surface area contributed by atoms with Gasteiger partial charge in [0.2, 0.25) is 10.0 Å². The second-order valence-corrected chi connectivity index (χ2v) is 9.55. The Hall–Kier alpha value is -3.32. The normalized spacial score (nSPS) is 15.7.